The molecular weight excluding hydrogens is 256 g/mol. The highest BCUT2D eigenvalue weighted by atomic mass is 16.6. The molecule has 0 amide bonds. The van der Waals surface area contributed by atoms with Crippen molar-refractivity contribution in [2.24, 2.45) is 0 Å². The van der Waals surface area contributed by atoms with Crippen LogP contribution in [0.5, 0.6) is 0 Å². The van der Waals surface area contributed by atoms with E-state index in [1.165, 1.54) is 0 Å². The molecule has 0 aliphatic heterocycles. The number of nitro groups is 1. The highest BCUT2D eigenvalue weighted by molar-refractivity contribution is 5.43. The van der Waals surface area contributed by atoms with E-state index >= 15 is 0 Å². The molecule has 1 aliphatic carbocycles. The van der Waals surface area contributed by atoms with Gasteiger partial charge in [-0.1, -0.05) is 12.1 Å². The standard InChI is InChI=1S/C15H22N2O3/c1-10-6-7-12(8-15(10)17(19)20)11(2)16-13-4-3-5-14(18)9-13/h6-8,11,13-14,16,18H,3-5,9H2,1-2H3. The Morgan fingerprint density at radius 3 is 2.85 bits per heavy atom. The van der Waals surface area contributed by atoms with Crippen molar-refractivity contribution in [1.82, 2.24) is 5.32 Å². The van der Waals surface area contributed by atoms with Gasteiger partial charge in [-0.15, -0.1) is 0 Å². The number of nitrogens with one attached hydrogen (secondary N) is 1. The molecule has 110 valence electrons. The van der Waals surface area contributed by atoms with Crippen molar-refractivity contribution >= 4 is 5.69 Å². The fraction of sp³-hybridized carbons (Fsp3) is 0.600. The average molecular weight is 278 g/mol. The molecule has 1 saturated carbocycles. The first-order valence-electron chi connectivity index (χ1n) is 7.16. The van der Waals surface area contributed by atoms with E-state index in [0.717, 1.165) is 31.2 Å². The summed E-state index contributed by atoms with van der Waals surface area (Å²) in [6.07, 6.45) is 3.50. The molecule has 1 aromatic carbocycles. The number of aryl methyl sites for hydroxylation is 1. The number of hydrogen-bond donors (Lipinski definition) is 2. The van der Waals surface area contributed by atoms with E-state index in [1.807, 2.05) is 13.0 Å². The van der Waals surface area contributed by atoms with Crippen molar-refractivity contribution in [2.75, 3.05) is 0 Å². The monoisotopic (exact) mass is 278 g/mol. The number of aliphatic hydroxyl groups excluding tert-OH is 1. The highest BCUT2D eigenvalue weighted by Gasteiger charge is 2.22. The van der Waals surface area contributed by atoms with Gasteiger partial charge in [0.2, 0.25) is 0 Å². The molecule has 5 heteroatoms. The minimum atomic E-state index is -0.337. The van der Waals surface area contributed by atoms with Gasteiger partial charge in [-0.05, 0) is 45.1 Å². The fourth-order valence-electron chi connectivity index (χ4n) is 2.86. The van der Waals surface area contributed by atoms with Gasteiger partial charge in [0.1, 0.15) is 0 Å². The minimum Gasteiger partial charge on any atom is -0.393 e. The zero-order valence-electron chi connectivity index (χ0n) is 12.0. The molecular formula is C15H22N2O3. The molecule has 5 nitrogen and oxygen atoms in total. The van der Waals surface area contributed by atoms with E-state index in [2.05, 4.69) is 5.32 Å². The first-order valence-corrected chi connectivity index (χ1v) is 7.16. The van der Waals surface area contributed by atoms with Crippen LogP contribution in [0.1, 0.15) is 49.8 Å². The summed E-state index contributed by atoms with van der Waals surface area (Å²) in [5.74, 6) is 0. The molecule has 0 aromatic heterocycles. The molecule has 0 spiro atoms. The average Bonchev–Trinajstić information content (AvgIpc) is 2.38. The normalized spacial score (nSPS) is 24.4. The number of rotatable bonds is 4. The smallest absolute Gasteiger partial charge is 0.272 e. The maximum atomic E-state index is 11.0. The van der Waals surface area contributed by atoms with Crippen LogP contribution in [-0.2, 0) is 0 Å². The summed E-state index contributed by atoms with van der Waals surface area (Å²) in [6, 6.07) is 5.70. The fourth-order valence-corrected chi connectivity index (χ4v) is 2.86. The van der Waals surface area contributed by atoms with Crippen molar-refractivity contribution in [3.05, 3.63) is 39.4 Å². The van der Waals surface area contributed by atoms with Crippen molar-refractivity contribution in [3.63, 3.8) is 0 Å². The first kappa shape index (κ1) is 14.9. The molecule has 1 fully saturated rings. The van der Waals surface area contributed by atoms with Crippen LogP contribution in [0.4, 0.5) is 5.69 Å². The first-order chi connectivity index (χ1) is 9.47. The van der Waals surface area contributed by atoms with Crippen LogP contribution in [-0.4, -0.2) is 22.2 Å². The Labute approximate surface area is 119 Å². The Bertz CT molecular complexity index is 490. The van der Waals surface area contributed by atoms with E-state index in [4.69, 9.17) is 0 Å². The number of hydrogen-bond acceptors (Lipinski definition) is 4. The van der Waals surface area contributed by atoms with Crippen LogP contribution in [0.15, 0.2) is 18.2 Å². The number of nitrogens with zero attached hydrogens (tertiary/aromatic N) is 1. The summed E-state index contributed by atoms with van der Waals surface area (Å²) in [4.78, 5) is 10.6. The summed E-state index contributed by atoms with van der Waals surface area (Å²) >= 11 is 0. The number of aliphatic hydroxyl groups is 1. The van der Waals surface area contributed by atoms with Gasteiger partial charge < -0.3 is 10.4 Å². The van der Waals surface area contributed by atoms with Gasteiger partial charge in [-0.3, -0.25) is 10.1 Å². The van der Waals surface area contributed by atoms with E-state index in [1.54, 1.807) is 19.1 Å². The topological polar surface area (TPSA) is 75.4 Å². The third-order valence-electron chi connectivity index (χ3n) is 4.06. The Morgan fingerprint density at radius 1 is 1.45 bits per heavy atom. The second kappa shape index (κ2) is 6.33. The molecule has 0 saturated heterocycles. The molecule has 0 bridgehead atoms. The van der Waals surface area contributed by atoms with Crippen molar-refractivity contribution in [1.29, 1.82) is 0 Å². The lowest BCUT2D eigenvalue weighted by atomic mass is 9.92. The van der Waals surface area contributed by atoms with Crippen LogP contribution in [0, 0.1) is 17.0 Å². The van der Waals surface area contributed by atoms with E-state index in [-0.39, 0.29) is 28.8 Å². The zero-order chi connectivity index (χ0) is 14.7. The molecule has 1 aromatic rings. The summed E-state index contributed by atoms with van der Waals surface area (Å²) in [7, 11) is 0. The zero-order valence-corrected chi connectivity index (χ0v) is 12.0. The van der Waals surface area contributed by atoms with Crippen molar-refractivity contribution in [2.45, 2.75) is 57.7 Å². The van der Waals surface area contributed by atoms with Crippen molar-refractivity contribution in [3.8, 4) is 0 Å². The summed E-state index contributed by atoms with van der Waals surface area (Å²) in [5, 5.41) is 24.1. The number of nitro benzene ring substituents is 1. The van der Waals surface area contributed by atoms with Crippen molar-refractivity contribution < 1.29 is 10.0 Å². The Kier molecular flexibility index (Phi) is 4.73. The molecule has 3 unspecified atom stereocenters. The summed E-state index contributed by atoms with van der Waals surface area (Å²) < 4.78 is 0. The minimum absolute atomic E-state index is 0.0459. The van der Waals surface area contributed by atoms with Gasteiger partial charge in [0.05, 0.1) is 11.0 Å². The van der Waals surface area contributed by atoms with E-state index < -0.39 is 0 Å². The molecule has 2 N–H and O–H groups in total. The summed E-state index contributed by atoms with van der Waals surface area (Å²) in [6.45, 7) is 3.76. The molecule has 0 heterocycles. The second-order valence-corrected chi connectivity index (χ2v) is 5.71. The van der Waals surface area contributed by atoms with Gasteiger partial charge in [-0.2, -0.15) is 0 Å². The van der Waals surface area contributed by atoms with Gasteiger partial charge in [0.25, 0.3) is 5.69 Å². The molecule has 2 rings (SSSR count). The SMILES string of the molecule is Cc1ccc(C(C)NC2CCCC(O)C2)cc1[N+](=O)[O-]. The Morgan fingerprint density at radius 2 is 2.20 bits per heavy atom. The maximum absolute atomic E-state index is 11.0. The van der Waals surface area contributed by atoms with E-state index in [9.17, 15) is 15.2 Å². The van der Waals surface area contributed by atoms with Crippen LogP contribution in [0.3, 0.4) is 0 Å². The Hall–Kier alpha value is -1.46. The molecule has 20 heavy (non-hydrogen) atoms. The molecule has 3 atom stereocenters. The molecule has 1 aliphatic rings. The van der Waals surface area contributed by atoms with Gasteiger partial charge in [0, 0.05) is 23.7 Å². The number of benzene rings is 1. The maximum Gasteiger partial charge on any atom is 0.272 e. The van der Waals surface area contributed by atoms with E-state index in [0.29, 0.717) is 5.56 Å². The van der Waals surface area contributed by atoms with Crippen LogP contribution >= 0.6 is 0 Å². The third-order valence-corrected chi connectivity index (χ3v) is 4.06. The highest BCUT2D eigenvalue weighted by Crippen LogP contribution is 2.25. The third kappa shape index (κ3) is 3.55. The van der Waals surface area contributed by atoms with Gasteiger partial charge >= 0.3 is 0 Å². The lowest BCUT2D eigenvalue weighted by molar-refractivity contribution is -0.385. The quantitative estimate of drug-likeness (QED) is 0.656. The van der Waals surface area contributed by atoms with Gasteiger partial charge in [0.15, 0.2) is 0 Å². The second-order valence-electron chi connectivity index (χ2n) is 5.71. The predicted molar refractivity (Wildman–Crippen MR) is 77.6 cm³/mol. The lowest BCUT2D eigenvalue weighted by Crippen LogP contribution is -2.37. The van der Waals surface area contributed by atoms with Crippen LogP contribution < -0.4 is 5.32 Å². The largest absolute Gasteiger partial charge is 0.393 e. The summed E-state index contributed by atoms with van der Waals surface area (Å²) in [5.41, 5.74) is 1.77. The lowest BCUT2D eigenvalue weighted by Gasteiger charge is -2.29. The van der Waals surface area contributed by atoms with Crippen LogP contribution in [0.2, 0.25) is 0 Å². The Balaban J connectivity index is 2.07. The van der Waals surface area contributed by atoms with Gasteiger partial charge in [-0.25, -0.2) is 0 Å². The van der Waals surface area contributed by atoms with Crippen LogP contribution in [0.25, 0.3) is 0 Å². The predicted octanol–water partition coefficient (Wildman–Crippen LogP) is 2.86. The molecule has 0 radical (unpaired) electrons.